The topological polar surface area (TPSA) is 237 Å². The molecule has 0 saturated heterocycles. The smallest absolute Gasteiger partial charge is 0.462 e. The number of carbonyl (C=O) groups excluding carboxylic acids is 4. The second-order valence-corrected chi connectivity index (χ2v) is 28.9. The van der Waals surface area contributed by atoms with Gasteiger partial charge in [-0.05, 0) is 69.1 Å². The SMILES string of the molecule is CCCCCC/C=C\C=C/CCCCCCCC(=O)OC[C@H](COP(=O)(O)OC[C@@H](O)COP(=O)(O)OC[C@@H](COC(=O)CCCCCCCCC(C)C)OC(=O)CCCCCCCCCCCCCC(C)C)OC(=O)CCCCCCCCCCC(C)C. The third kappa shape index (κ3) is 64.1. The van der Waals surface area contributed by atoms with Crippen molar-refractivity contribution in [3.63, 3.8) is 0 Å². The fourth-order valence-electron chi connectivity index (χ4n) is 10.0. The number of phosphoric ester groups is 2. The van der Waals surface area contributed by atoms with Crippen molar-refractivity contribution in [1.29, 1.82) is 0 Å². The van der Waals surface area contributed by atoms with Gasteiger partial charge in [0.15, 0.2) is 12.2 Å². The quantitative estimate of drug-likeness (QED) is 0.0169. The molecule has 0 rings (SSSR count). The second kappa shape index (κ2) is 60.5. The van der Waals surface area contributed by atoms with Crippen LogP contribution in [0.5, 0.6) is 0 Å². The summed E-state index contributed by atoms with van der Waals surface area (Å²) in [6, 6.07) is 0. The maximum absolute atomic E-state index is 13.0. The third-order valence-corrected chi connectivity index (χ3v) is 17.4. The van der Waals surface area contributed by atoms with Crippen LogP contribution in [0.1, 0.15) is 325 Å². The molecule has 0 aromatic rings. The summed E-state index contributed by atoms with van der Waals surface area (Å²) in [4.78, 5) is 72.5. The Morgan fingerprint density at radius 3 is 0.910 bits per heavy atom. The zero-order valence-corrected chi connectivity index (χ0v) is 59.2. The highest BCUT2D eigenvalue weighted by Gasteiger charge is 2.30. The molecule has 0 saturated carbocycles. The van der Waals surface area contributed by atoms with Crippen LogP contribution in [0.15, 0.2) is 24.3 Å². The molecule has 0 aliphatic carbocycles. The molecule has 0 spiro atoms. The van der Waals surface area contributed by atoms with Crippen molar-refractivity contribution in [3.8, 4) is 0 Å². The highest BCUT2D eigenvalue weighted by Crippen LogP contribution is 2.45. The number of hydrogen-bond donors (Lipinski definition) is 3. The third-order valence-electron chi connectivity index (χ3n) is 15.5. The van der Waals surface area contributed by atoms with E-state index in [1.807, 2.05) is 0 Å². The second-order valence-electron chi connectivity index (χ2n) is 26.0. The summed E-state index contributed by atoms with van der Waals surface area (Å²) in [5.41, 5.74) is 0. The molecule has 0 aromatic carbocycles. The average molecular weight is 1310 g/mol. The van der Waals surface area contributed by atoms with Gasteiger partial charge in [0.2, 0.25) is 0 Å². The van der Waals surface area contributed by atoms with Gasteiger partial charge in [-0.1, -0.05) is 272 Å². The van der Waals surface area contributed by atoms with E-state index in [2.05, 4.69) is 72.8 Å². The summed E-state index contributed by atoms with van der Waals surface area (Å²) < 4.78 is 68.2. The van der Waals surface area contributed by atoms with Gasteiger partial charge < -0.3 is 33.8 Å². The van der Waals surface area contributed by atoms with E-state index in [4.69, 9.17) is 37.0 Å². The molecule has 0 aliphatic heterocycles. The fourth-order valence-corrected chi connectivity index (χ4v) is 11.6. The van der Waals surface area contributed by atoms with Crippen LogP contribution in [-0.2, 0) is 65.4 Å². The maximum Gasteiger partial charge on any atom is 0.472 e. The predicted molar refractivity (Wildman–Crippen MR) is 358 cm³/mol. The minimum atomic E-state index is -4.96. The molecular weight excluding hydrogens is 1170 g/mol. The van der Waals surface area contributed by atoms with Gasteiger partial charge in [0, 0.05) is 25.7 Å². The summed E-state index contributed by atoms with van der Waals surface area (Å²) in [6.07, 6.45) is 46.8. The number of unbranched alkanes of at least 4 members (excludes halogenated alkanes) is 31. The molecule has 89 heavy (non-hydrogen) atoms. The van der Waals surface area contributed by atoms with E-state index in [1.165, 1.54) is 109 Å². The van der Waals surface area contributed by atoms with Crippen molar-refractivity contribution >= 4 is 39.5 Å². The molecule has 3 N–H and O–H groups in total. The number of phosphoric acid groups is 2. The van der Waals surface area contributed by atoms with Crippen molar-refractivity contribution in [2.45, 2.75) is 343 Å². The molecule has 0 radical (unpaired) electrons. The predicted octanol–water partition coefficient (Wildman–Crippen LogP) is 19.4. The van der Waals surface area contributed by atoms with Gasteiger partial charge in [0.05, 0.1) is 26.4 Å². The van der Waals surface area contributed by atoms with Gasteiger partial charge >= 0.3 is 39.5 Å². The Morgan fingerprint density at radius 2 is 0.607 bits per heavy atom. The van der Waals surface area contributed by atoms with E-state index in [0.29, 0.717) is 37.5 Å². The van der Waals surface area contributed by atoms with E-state index in [9.17, 15) is 43.2 Å². The Labute approximate surface area is 542 Å². The lowest BCUT2D eigenvalue weighted by atomic mass is 10.0. The minimum absolute atomic E-state index is 0.0971. The largest absolute Gasteiger partial charge is 0.472 e. The van der Waals surface area contributed by atoms with Gasteiger partial charge in [-0.3, -0.25) is 37.3 Å². The molecule has 19 heteroatoms. The van der Waals surface area contributed by atoms with Crippen LogP contribution in [0.3, 0.4) is 0 Å². The van der Waals surface area contributed by atoms with Gasteiger partial charge in [0.1, 0.15) is 19.3 Å². The summed E-state index contributed by atoms with van der Waals surface area (Å²) in [6.45, 7) is 11.7. The van der Waals surface area contributed by atoms with Crippen molar-refractivity contribution < 1.29 is 80.2 Å². The molecule has 2 unspecified atom stereocenters. The maximum atomic E-state index is 13.0. The standard InChI is InChI=1S/C70H132O17P2/c1-8-9-10-11-12-13-14-15-16-17-20-23-29-37-44-51-67(72)80-57-65(87-70(75)54-47-40-31-26-25-28-35-42-49-62(4)5)59-84-88(76,77)82-55-64(71)56-83-89(78,79)85-60-66(58-81-68(73)52-45-38-33-32-36-43-50-63(6)7)86-69(74)53-46-39-30-24-21-18-19-22-27-34-41-48-61(2)3/h13-16,61-66,71H,8-12,17-60H2,1-7H3,(H,76,77)(H,78,79)/b14-13-,16-15-/t64-,65-,66-/m1/s1. The summed E-state index contributed by atoms with van der Waals surface area (Å²) in [7, 11) is -9.91. The van der Waals surface area contributed by atoms with Gasteiger partial charge in [-0.2, -0.15) is 0 Å². The number of hydrogen-bond acceptors (Lipinski definition) is 15. The molecular formula is C70H132O17P2. The summed E-state index contributed by atoms with van der Waals surface area (Å²) in [5, 5.41) is 10.6. The first-order chi connectivity index (χ1) is 42.7. The molecule has 0 amide bonds. The molecule has 5 atom stereocenters. The Balaban J connectivity index is 5.26. The Bertz CT molecular complexity index is 1840. The fraction of sp³-hybridized carbons (Fsp3) is 0.886. The van der Waals surface area contributed by atoms with E-state index < -0.39 is 97.5 Å². The van der Waals surface area contributed by atoms with E-state index in [1.54, 1.807) is 0 Å². The minimum Gasteiger partial charge on any atom is -0.462 e. The van der Waals surface area contributed by atoms with Crippen molar-refractivity contribution in [3.05, 3.63) is 24.3 Å². The number of aliphatic hydroxyl groups is 1. The monoisotopic (exact) mass is 1310 g/mol. The first-order valence-electron chi connectivity index (χ1n) is 35.7. The van der Waals surface area contributed by atoms with Crippen LogP contribution < -0.4 is 0 Å². The highest BCUT2D eigenvalue weighted by molar-refractivity contribution is 7.47. The molecule has 0 heterocycles. The zero-order chi connectivity index (χ0) is 65.9. The molecule has 0 aliphatic rings. The lowest BCUT2D eigenvalue weighted by Crippen LogP contribution is -2.30. The zero-order valence-electron chi connectivity index (χ0n) is 57.4. The van der Waals surface area contributed by atoms with Crippen molar-refractivity contribution in [2.75, 3.05) is 39.6 Å². The van der Waals surface area contributed by atoms with Crippen molar-refractivity contribution in [2.24, 2.45) is 17.8 Å². The lowest BCUT2D eigenvalue weighted by molar-refractivity contribution is -0.161. The van der Waals surface area contributed by atoms with Crippen LogP contribution in [0.25, 0.3) is 0 Å². The summed E-state index contributed by atoms with van der Waals surface area (Å²) in [5.74, 6) is -0.00404. The van der Waals surface area contributed by atoms with Crippen LogP contribution in [-0.4, -0.2) is 96.7 Å². The normalized spacial score (nSPS) is 14.4. The number of esters is 4. The number of rotatable bonds is 66. The summed E-state index contributed by atoms with van der Waals surface area (Å²) >= 11 is 0. The van der Waals surface area contributed by atoms with E-state index >= 15 is 0 Å². The van der Waals surface area contributed by atoms with Gasteiger partial charge in [0.25, 0.3) is 0 Å². The molecule has 524 valence electrons. The van der Waals surface area contributed by atoms with Gasteiger partial charge in [-0.15, -0.1) is 0 Å². The Morgan fingerprint density at radius 1 is 0.348 bits per heavy atom. The Kier molecular flexibility index (Phi) is 58.8. The van der Waals surface area contributed by atoms with Crippen LogP contribution in [0.2, 0.25) is 0 Å². The van der Waals surface area contributed by atoms with E-state index in [-0.39, 0.29) is 25.7 Å². The van der Waals surface area contributed by atoms with Crippen LogP contribution in [0, 0.1) is 17.8 Å². The molecule has 0 bridgehead atoms. The van der Waals surface area contributed by atoms with Crippen LogP contribution in [0.4, 0.5) is 0 Å². The Hall–Kier alpha value is -2.46. The highest BCUT2D eigenvalue weighted by atomic mass is 31.2. The number of allylic oxidation sites excluding steroid dienone is 4. The average Bonchev–Trinajstić information content (AvgIpc) is 3.60. The number of aliphatic hydroxyl groups excluding tert-OH is 1. The van der Waals surface area contributed by atoms with E-state index in [0.717, 1.165) is 121 Å². The van der Waals surface area contributed by atoms with Crippen molar-refractivity contribution in [1.82, 2.24) is 0 Å². The number of carbonyl (C=O) groups is 4. The first kappa shape index (κ1) is 86.5. The first-order valence-corrected chi connectivity index (χ1v) is 38.7. The molecule has 0 fully saturated rings. The lowest BCUT2D eigenvalue weighted by Gasteiger charge is -2.21. The number of ether oxygens (including phenoxy) is 4. The molecule has 17 nitrogen and oxygen atoms in total. The van der Waals surface area contributed by atoms with Gasteiger partial charge in [-0.25, -0.2) is 9.13 Å². The van der Waals surface area contributed by atoms with Crippen LogP contribution >= 0.6 is 15.6 Å². The molecule has 0 aromatic heterocycles.